The minimum absolute atomic E-state index is 0.150. The molecule has 0 aromatic carbocycles. The lowest BCUT2D eigenvalue weighted by atomic mass is 10.0. The maximum Gasteiger partial charge on any atom is 0.344 e. The Bertz CT molecular complexity index is 841. The number of aromatic amines is 1. The van der Waals surface area contributed by atoms with Crippen LogP contribution in [0.25, 0.3) is 0 Å². The molecule has 29 heavy (non-hydrogen) atoms. The number of H-pyrrole nitrogens is 1. The summed E-state index contributed by atoms with van der Waals surface area (Å²) in [6.45, 7) is -0.683. The van der Waals surface area contributed by atoms with Gasteiger partial charge in [0.25, 0.3) is 5.56 Å². The van der Waals surface area contributed by atoms with Crippen LogP contribution in [0, 0.1) is 12.3 Å². The number of hydrogen-bond acceptors (Lipinski definition) is 12. The molecule has 6 atom stereocenters. The van der Waals surface area contributed by atoms with E-state index in [2.05, 4.69) is 14.5 Å². The molecule has 0 aliphatic carbocycles. The second-order valence-electron chi connectivity index (χ2n) is 5.44. The normalized spacial score (nSPS) is 26.4. The van der Waals surface area contributed by atoms with Crippen molar-refractivity contribution >= 4 is 25.8 Å². The van der Waals surface area contributed by atoms with Crippen molar-refractivity contribution in [3.63, 3.8) is 0 Å². The van der Waals surface area contributed by atoms with Crippen LogP contribution in [0.3, 0.4) is 0 Å². The lowest BCUT2D eigenvalue weighted by molar-refractivity contribution is -0.0193. The molecule has 0 bridgehead atoms. The van der Waals surface area contributed by atoms with E-state index in [0.717, 1.165) is 10.8 Å². The molecule has 162 valence electrons. The Hall–Kier alpha value is -0.870. The fourth-order valence-electron chi connectivity index (χ4n) is 2.39. The van der Waals surface area contributed by atoms with Crippen LogP contribution in [0.15, 0.2) is 15.8 Å². The van der Waals surface area contributed by atoms with Crippen LogP contribution in [0.1, 0.15) is 11.7 Å². The van der Waals surface area contributed by atoms with Gasteiger partial charge in [-0.2, -0.15) is 0 Å². The first kappa shape index (κ1) is 24.4. The molecule has 1 saturated heterocycles. The number of nitrogens with one attached hydrogen (secondary N) is 1. The molecule has 1 aliphatic rings. The molecule has 1 fully saturated rings. The Morgan fingerprint density at radius 2 is 1.86 bits per heavy atom. The van der Waals surface area contributed by atoms with Crippen LogP contribution in [0.4, 0.5) is 0 Å². The quantitative estimate of drug-likeness (QED) is 0.153. The molecule has 0 spiro atoms. The van der Waals surface area contributed by atoms with Crippen molar-refractivity contribution in [1.29, 1.82) is 0 Å². The molecule has 2 heterocycles. The lowest BCUT2D eigenvalue weighted by Gasteiger charge is -2.18. The zero-order chi connectivity index (χ0) is 21.7. The van der Waals surface area contributed by atoms with E-state index in [9.17, 15) is 29.6 Å². The van der Waals surface area contributed by atoms with Crippen LogP contribution in [-0.2, 0) is 24.4 Å². The third kappa shape index (κ3) is 6.55. The molecule has 1 aliphatic heterocycles. The Morgan fingerprint density at radius 3 is 2.48 bits per heavy atom. The van der Waals surface area contributed by atoms with Crippen molar-refractivity contribution in [2.75, 3.05) is 6.61 Å². The molecule has 0 saturated carbocycles. The minimum Gasteiger partial charge on any atom is -0.387 e. The molecule has 0 radical (unpaired) electrons. The first-order valence-electron chi connectivity index (χ1n) is 7.57. The summed E-state index contributed by atoms with van der Waals surface area (Å²) in [4.78, 5) is 61.6. The first-order chi connectivity index (χ1) is 13.6. The number of rotatable bonds is 9. The summed E-state index contributed by atoms with van der Waals surface area (Å²) in [5, 5.41) is 20.3. The highest BCUT2D eigenvalue weighted by atomic mass is 31.3. The number of aromatic nitrogens is 2. The first-order valence-corrected chi connectivity index (χ1v) is 11.0. The molecule has 2 rings (SSSR count). The standard InChI is InChI=1S/C12H17N2O12P3/c1-2-3-14-4-6(11(17)13-12(14)18)10-9(16)8(15)7(24-10)5-23-28(21)26-29(22)25-27(19)20/h1,4,7-10,15-16,19-22H,3,5H2,(H,13,17,18). The van der Waals surface area contributed by atoms with Gasteiger partial charge in [0.1, 0.15) is 24.4 Å². The smallest absolute Gasteiger partial charge is 0.344 e. The highest BCUT2D eigenvalue weighted by Gasteiger charge is 2.45. The average molecular weight is 474 g/mol. The second-order valence-corrected chi connectivity index (χ2v) is 8.46. The highest BCUT2D eigenvalue weighted by molar-refractivity contribution is 7.60. The van der Waals surface area contributed by atoms with Crippen molar-refractivity contribution in [1.82, 2.24) is 9.55 Å². The number of terminal acetylenes is 1. The third-order valence-electron chi connectivity index (χ3n) is 3.60. The zero-order valence-electron chi connectivity index (χ0n) is 14.3. The van der Waals surface area contributed by atoms with Crippen LogP contribution >= 0.6 is 25.8 Å². The fraction of sp³-hybridized carbons (Fsp3) is 0.500. The number of aliphatic hydroxyl groups excluding tert-OH is 2. The summed E-state index contributed by atoms with van der Waals surface area (Å²) in [6.07, 6.45) is 0.590. The van der Waals surface area contributed by atoms with Crippen LogP contribution in [0.5, 0.6) is 0 Å². The predicted molar refractivity (Wildman–Crippen MR) is 97.5 cm³/mol. The molecule has 7 N–H and O–H groups in total. The molecule has 0 amide bonds. The summed E-state index contributed by atoms with van der Waals surface area (Å²) >= 11 is 0. The van der Waals surface area contributed by atoms with Gasteiger partial charge in [0.2, 0.25) is 0 Å². The maximum atomic E-state index is 12.1. The average Bonchev–Trinajstić information content (AvgIpc) is 2.90. The zero-order valence-corrected chi connectivity index (χ0v) is 17.0. The fourth-order valence-corrected chi connectivity index (χ4v) is 4.21. The summed E-state index contributed by atoms with van der Waals surface area (Å²) < 4.78 is 19.8. The lowest BCUT2D eigenvalue weighted by Crippen LogP contribution is -2.36. The summed E-state index contributed by atoms with van der Waals surface area (Å²) in [5.74, 6) is 2.22. The van der Waals surface area contributed by atoms with Gasteiger partial charge in [-0.1, -0.05) is 5.92 Å². The van der Waals surface area contributed by atoms with Gasteiger partial charge in [-0.15, -0.1) is 6.42 Å². The highest BCUT2D eigenvalue weighted by Crippen LogP contribution is 2.55. The van der Waals surface area contributed by atoms with E-state index in [1.54, 1.807) is 0 Å². The van der Waals surface area contributed by atoms with Crippen LogP contribution in [0.2, 0.25) is 0 Å². The number of ether oxygens (including phenoxy) is 1. The van der Waals surface area contributed by atoms with E-state index in [1.165, 1.54) is 0 Å². The maximum absolute atomic E-state index is 12.1. The van der Waals surface area contributed by atoms with Gasteiger partial charge < -0.3 is 39.0 Å². The number of hydrogen-bond donors (Lipinski definition) is 7. The van der Waals surface area contributed by atoms with Gasteiger partial charge in [-0.3, -0.25) is 14.3 Å². The number of aliphatic hydroxyl groups is 2. The Labute approximate surface area is 166 Å². The third-order valence-corrected chi connectivity index (χ3v) is 6.23. The van der Waals surface area contributed by atoms with Gasteiger partial charge in [0.05, 0.1) is 18.7 Å². The van der Waals surface area contributed by atoms with E-state index in [-0.39, 0.29) is 12.1 Å². The minimum atomic E-state index is -2.91. The van der Waals surface area contributed by atoms with E-state index in [1.807, 2.05) is 4.98 Å². The van der Waals surface area contributed by atoms with Crippen molar-refractivity contribution in [3.8, 4) is 12.3 Å². The summed E-state index contributed by atoms with van der Waals surface area (Å²) in [7, 11) is -8.50. The van der Waals surface area contributed by atoms with Gasteiger partial charge in [0.15, 0.2) is 0 Å². The molecular formula is C12H17N2O12P3. The van der Waals surface area contributed by atoms with Crippen molar-refractivity contribution in [3.05, 3.63) is 32.6 Å². The molecule has 6 unspecified atom stereocenters. The van der Waals surface area contributed by atoms with Crippen LogP contribution in [-0.4, -0.2) is 64.3 Å². The summed E-state index contributed by atoms with van der Waals surface area (Å²) in [5.41, 5.74) is -1.77. The van der Waals surface area contributed by atoms with Gasteiger partial charge >= 0.3 is 31.5 Å². The SMILES string of the molecule is C#CCn1cc(C2OC(COP(O)OP(O)OP(O)O)C(O)C2O)c(=O)[nH]c1=O. The van der Waals surface area contributed by atoms with E-state index >= 15 is 0 Å². The van der Waals surface area contributed by atoms with Crippen LogP contribution < -0.4 is 11.2 Å². The Kier molecular flexibility index (Phi) is 9.21. The van der Waals surface area contributed by atoms with Crippen molar-refractivity contribution < 1.29 is 47.7 Å². The predicted octanol–water partition coefficient (Wildman–Crippen LogP) is -1.97. The van der Waals surface area contributed by atoms with E-state index < -0.39 is 68.1 Å². The van der Waals surface area contributed by atoms with Gasteiger partial charge in [0, 0.05) is 6.20 Å². The molecule has 17 heteroatoms. The van der Waals surface area contributed by atoms with E-state index in [0.29, 0.717) is 0 Å². The monoisotopic (exact) mass is 474 g/mol. The molecular weight excluding hydrogens is 457 g/mol. The summed E-state index contributed by atoms with van der Waals surface area (Å²) in [6, 6.07) is 0. The number of nitrogens with zero attached hydrogens (tertiary/aromatic N) is 1. The van der Waals surface area contributed by atoms with E-state index in [4.69, 9.17) is 25.5 Å². The van der Waals surface area contributed by atoms with Crippen molar-refractivity contribution in [2.45, 2.75) is 31.0 Å². The molecule has 1 aromatic heterocycles. The largest absolute Gasteiger partial charge is 0.387 e. The second kappa shape index (κ2) is 10.9. The Morgan fingerprint density at radius 1 is 1.17 bits per heavy atom. The molecule has 14 nitrogen and oxygen atoms in total. The Balaban J connectivity index is 2.04. The van der Waals surface area contributed by atoms with Crippen molar-refractivity contribution in [2.24, 2.45) is 0 Å². The van der Waals surface area contributed by atoms with Gasteiger partial charge in [-0.05, 0) is 0 Å². The van der Waals surface area contributed by atoms with Gasteiger partial charge in [-0.25, -0.2) is 13.4 Å². The topological polar surface area (TPSA) is 213 Å². The molecule has 1 aromatic rings.